The van der Waals surface area contributed by atoms with Crippen LogP contribution in [0, 0.1) is 5.92 Å². The molecule has 0 saturated heterocycles. The molecule has 0 aliphatic carbocycles. The van der Waals surface area contributed by atoms with E-state index in [0.29, 0.717) is 17.3 Å². The van der Waals surface area contributed by atoms with E-state index in [4.69, 9.17) is 10.9 Å². The molecule has 1 atom stereocenters. The Hall–Kier alpha value is -1.31. The van der Waals surface area contributed by atoms with Crippen LogP contribution in [0.25, 0.3) is 0 Å². The van der Waals surface area contributed by atoms with Gasteiger partial charge in [0.15, 0.2) is 0 Å². The molecule has 0 heterocycles. The zero-order chi connectivity index (χ0) is 14.6. The Morgan fingerprint density at radius 1 is 1.32 bits per heavy atom. The Bertz CT molecular complexity index is 529. The van der Waals surface area contributed by atoms with Gasteiger partial charge in [0, 0.05) is 17.4 Å². The van der Waals surface area contributed by atoms with Crippen molar-refractivity contribution < 1.29 is 13.5 Å². The van der Waals surface area contributed by atoms with Crippen LogP contribution in [0.4, 0.5) is 11.4 Å². The summed E-state index contributed by atoms with van der Waals surface area (Å²) in [4.78, 5) is -0.0452. The van der Waals surface area contributed by atoms with E-state index >= 15 is 0 Å². The molecule has 0 amide bonds. The molecule has 0 aliphatic rings. The van der Waals surface area contributed by atoms with E-state index in [1.807, 2.05) is 13.8 Å². The minimum atomic E-state index is -3.80. The van der Waals surface area contributed by atoms with E-state index in [0.717, 1.165) is 6.42 Å². The van der Waals surface area contributed by atoms with Crippen molar-refractivity contribution in [2.24, 2.45) is 11.1 Å². The molecule has 1 unspecified atom stereocenters. The van der Waals surface area contributed by atoms with Crippen LogP contribution in [0.3, 0.4) is 0 Å². The van der Waals surface area contributed by atoms with Crippen LogP contribution in [0.2, 0.25) is 0 Å². The third-order valence-electron chi connectivity index (χ3n) is 2.60. The molecule has 0 radical (unpaired) electrons. The fourth-order valence-electron chi connectivity index (χ4n) is 1.85. The first kappa shape index (κ1) is 15.7. The molecule has 1 aromatic rings. The second-order valence-corrected chi connectivity index (χ2v) is 6.55. The molecule has 7 heteroatoms. The monoisotopic (exact) mass is 287 g/mol. The lowest BCUT2D eigenvalue weighted by Gasteiger charge is -2.20. The van der Waals surface area contributed by atoms with Gasteiger partial charge >= 0.3 is 0 Å². The van der Waals surface area contributed by atoms with Crippen LogP contribution in [-0.4, -0.2) is 26.2 Å². The lowest BCUT2D eigenvalue weighted by Crippen LogP contribution is -2.25. The highest BCUT2D eigenvalue weighted by molar-refractivity contribution is 7.89. The molecule has 19 heavy (non-hydrogen) atoms. The molecular weight excluding hydrogens is 266 g/mol. The Morgan fingerprint density at radius 3 is 2.42 bits per heavy atom. The summed E-state index contributed by atoms with van der Waals surface area (Å²) in [7, 11) is -3.80. The summed E-state index contributed by atoms with van der Waals surface area (Å²) in [5.74, 6) is 0.406. The smallest absolute Gasteiger partial charge is 0.238 e. The third kappa shape index (κ3) is 5.06. The molecule has 6 N–H and O–H groups in total. The average Bonchev–Trinajstić information content (AvgIpc) is 2.25. The first-order valence-electron chi connectivity index (χ1n) is 6.03. The van der Waals surface area contributed by atoms with Gasteiger partial charge in [-0.2, -0.15) is 0 Å². The zero-order valence-corrected chi connectivity index (χ0v) is 11.9. The van der Waals surface area contributed by atoms with Crippen LogP contribution >= 0.6 is 0 Å². The van der Waals surface area contributed by atoms with Gasteiger partial charge in [-0.1, -0.05) is 13.8 Å². The second-order valence-electron chi connectivity index (χ2n) is 4.99. The maximum Gasteiger partial charge on any atom is 0.238 e. The minimum absolute atomic E-state index is 0.0440. The van der Waals surface area contributed by atoms with Crippen LogP contribution in [-0.2, 0) is 10.0 Å². The zero-order valence-electron chi connectivity index (χ0n) is 11.1. The Balaban J connectivity index is 2.98. The molecule has 0 aromatic heterocycles. The Morgan fingerprint density at radius 2 is 1.95 bits per heavy atom. The number of aliphatic hydroxyl groups excluding tert-OH is 1. The molecule has 6 nitrogen and oxygen atoms in total. The van der Waals surface area contributed by atoms with Gasteiger partial charge in [0.2, 0.25) is 10.0 Å². The van der Waals surface area contributed by atoms with Gasteiger partial charge in [-0.15, -0.1) is 0 Å². The maximum absolute atomic E-state index is 11.3. The van der Waals surface area contributed by atoms with Gasteiger partial charge in [-0.05, 0) is 30.5 Å². The number of hydrogen-bond donors (Lipinski definition) is 4. The van der Waals surface area contributed by atoms with E-state index in [9.17, 15) is 13.5 Å². The predicted molar refractivity (Wildman–Crippen MR) is 76.2 cm³/mol. The molecule has 0 spiro atoms. The quantitative estimate of drug-likeness (QED) is 0.575. The fourth-order valence-corrected chi connectivity index (χ4v) is 2.45. The summed E-state index contributed by atoms with van der Waals surface area (Å²) in [5.41, 5.74) is 6.48. The highest BCUT2D eigenvalue weighted by Crippen LogP contribution is 2.21. The van der Waals surface area contributed by atoms with Crippen LogP contribution < -0.4 is 16.2 Å². The number of nitrogen functional groups attached to an aromatic ring is 1. The number of nitrogens with two attached hydrogens (primary N) is 2. The number of anilines is 2. The van der Waals surface area contributed by atoms with Crippen molar-refractivity contribution >= 4 is 21.4 Å². The predicted octanol–water partition coefficient (Wildman–Crippen LogP) is 0.735. The molecule has 0 fully saturated rings. The van der Waals surface area contributed by atoms with Crippen molar-refractivity contribution in [3.05, 3.63) is 18.2 Å². The topological polar surface area (TPSA) is 118 Å². The van der Waals surface area contributed by atoms with E-state index in [-0.39, 0.29) is 17.5 Å². The molecule has 0 bridgehead atoms. The van der Waals surface area contributed by atoms with Crippen LogP contribution in [0.15, 0.2) is 23.1 Å². The number of hydrogen-bond acceptors (Lipinski definition) is 5. The standard InChI is InChI=1S/C12H21N3O3S/c1-8(2)3-11(7-16)15-10-4-9(13)5-12(6-10)19(14,17)18/h4-6,8,11,15-16H,3,7,13H2,1-2H3,(H2,14,17,18). The van der Waals surface area contributed by atoms with Crippen molar-refractivity contribution in [2.45, 2.75) is 31.2 Å². The first-order valence-corrected chi connectivity index (χ1v) is 7.57. The Kier molecular flexibility index (Phi) is 5.16. The summed E-state index contributed by atoms with van der Waals surface area (Å²) in [6.07, 6.45) is 0.760. The van der Waals surface area contributed by atoms with Gasteiger partial charge in [0.25, 0.3) is 0 Å². The summed E-state index contributed by atoms with van der Waals surface area (Å²) < 4.78 is 22.6. The van der Waals surface area contributed by atoms with Crippen molar-refractivity contribution in [3.63, 3.8) is 0 Å². The highest BCUT2D eigenvalue weighted by atomic mass is 32.2. The van der Waals surface area contributed by atoms with Crippen molar-refractivity contribution in [3.8, 4) is 0 Å². The summed E-state index contributed by atoms with van der Waals surface area (Å²) in [6.45, 7) is 4.04. The maximum atomic E-state index is 11.3. The SMILES string of the molecule is CC(C)CC(CO)Nc1cc(N)cc(S(N)(=O)=O)c1. The summed E-state index contributed by atoms with van der Waals surface area (Å²) in [5, 5.41) is 17.4. The number of benzene rings is 1. The molecular formula is C12H21N3O3S. The number of nitrogens with one attached hydrogen (secondary N) is 1. The number of sulfonamides is 1. The molecule has 108 valence electrons. The molecule has 0 saturated carbocycles. The van der Waals surface area contributed by atoms with E-state index in [1.165, 1.54) is 12.1 Å². The highest BCUT2D eigenvalue weighted by Gasteiger charge is 2.13. The van der Waals surface area contributed by atoms with E-state index < -0.39 is 10.0 Å². The molecule has 1 aromatic carbocycles. The number of rotatable bonds is 6. The van der Waals surface area contributed by atoms with Crippen molar-refractivity contribution in [1.29, 1.82) is 0 Å². The summed E-state index contributed by atoms with van der Waals surface area (Å²) >= 11 is 0. The largest absolute Gasteiger partial charge is 0.399 e. The van der Waals surface area contributed by atoms with Crippen LogP contribution in [0.1, 0.15) is 20.3 Å². The normalized spacial score (nSPS) is 13.5. The lowest BCUT2D eigenvalue weighted by atomic mass is 10.0. The van der Waals surface area contributed by atoms with Crippen LogP contribution in [0.5, 0.6) is 0 Å². The van der Waals surface area contributed by atoms with Gasteiger partial charge in [0.1, 0.15) is 0 Å². The first-order chi connectivity index (χ1) is 8.72. The fraction of sp³-hybridized carbons (Fsp3) is 0.500. The van der Waals surface area contributed by atoms with Crippen molar-refractivity contribution in [1.82, 2.24) is 0 Å². The van der Waals surface area contributed by atoms with Gasteiger partial charge < -0.3 is 16.2 Å². The second kappa shape index (κ2) is 6.23. The lowest BCUT2D eigenvalue weighted by molar-refractivity contribution is 0.259. The summed E-state index contributed by atoms with van der Waals surface area (Å²) in [6, 6.07) is 4.17. The third-order valence-corrected chi connectivity index (χ3v) is 3.50. The van der Waals surface area contributed by atoms with Crippen molar-refractivity contribution in [2.75, 3.05) is 17.7 Å². The van der Waals surface area contributed by atoms with E-state index in [2.05, 4.69) is 5.32 Å². The molecule has 1 rings (SSSR count). The molecule has 0 aliphatic heterocycles. The van der Waals surface area contributed by atoms with Gasteiger partial charge in [0.05, 0.1) is 11.5 Å². The van der Waals surface area contributed by atoms with Gasteiger partial charge in [-0.25, -0.2) is 13.6 Å². The average molecular weight is 287 g/mol. The number of aliphatic hydroxyl groups is 1. The Labute approximate surface area is 113 Å². The van der Waals surface area contributed by atoms with Gasteiger partial charge in [-0.3, -0.25) is 0 Å². The van der Waals surface area contributed by atoms with E-state index in [1.54, 1.807) is 6.07 Å². The minimum Gasteiger partial charge on any atom is -0.399 e. The number of primary sulfonamides is 1.